The van der Waals surface area contributed by atoms with Crippen LogP contribution in [0.3, 0.4) is 0 Å². The Morgan fingerprint density at radius 1 is 1.22 bits per heavy atom. The molecule has 3 rings (SSSR count). The minimum Gasteiger partial charge on any atom is -0.345 e. The van der Waals surface area contributed by atoms with Crippen LogP contribution < -0.4 is 10.6 Å². The number of piperidine rings is 1. The molecule has 1 fully saturated rings. The Labute approximate surface area is 168 Å². The lowest BCUT2D eigenvalue weighted by Crippen LogP contribution is -2.43. The Kier molecular flexibility index (Phi) is 7.59. The molecule has 0 spiro atoms. The van der Waals surface area contributed by atoms with E-state index in [1.54, 1.807) is 24.3 Å². The molecule has 1 heterocycles. The van der Waals surface area contributed by atoms with E-state index in [-0.39, 0.29) is 35.8 Å². The standard InChI is InChI=1S/C20H21ClF2N2O.ClH/c1-12-10-13(8-9-24-12)20(26)25-19(15-4-2-3-5-17(15)21)16-11-14(22)6-7-18(16)23;/h2-7,11-13,19,24H,8-10H2,1H3,(H,25,26);1H/t12-,13-,19?;/m0./s1. The van der Waals surface area contributed by atoms with Gasteiger partial charge in [-0.05, 0) is 56.1 Å². The highest BCUT2D eigenvalue weighted by Crippen LogP contribution is 2.31. The molecule has 0 aliphatic carbocycles. The zero-order valence-electron chi connectivity index (χ0n) is 14.8. The van der Waals surface area contributed by atoms with Crippen LogP contribution in [0.25, 0.3) is 0 Å². The lowest BCUT2D eigenvalue weighted by molar-refractivity contribution is -0.126. The molecule has 3 atom stereocenters. The number of rotatable bonds is 4. The van der Waals surface area contributed by atoms with Gasteiger partial charge in [-0.25, -0.2) is 8.78 Å². The van der Waals surface area contributed by atoms with Crippen molar-refractivity contribution >= 4 is 29.9 Å². The van der Waals surface area contributed by atoms with Gasteiger partial charge in [0, 0.05) is 22.5 Å². The monoisotopic (exact) mass is 414 g/mol. The van der Waals surface area contributed by atoms with E-state index >= 15 is 0 Å². The maximum Gasteiger partial charge on any atom is 0.223 e. The first kappa shape index (κ1) is 21.6. The number of carbonyl (C=O) groups is 1. The summed E-state index contributed by atoms with van der Waals surface area (Å²) in [5.41, 5.74) is 0.599. The third-order valence-electron chi connectivity index (χ3n) is 4.77. The van der Waals surface area contributed by atoms with E-state index in [9.17, 15) is 13.6 Å². The molecule has 1 amide bonds. The highest BCUT2D eigenvalue weighted by molar-refractivity contribution is 6.31. The molecule has 2 N–H and O–H groups in total. The summed E-state index contributed by atoms with van der Waals surface area (Å²) in [5, 5.41) is 6.58. The third-order valence-corrected chi connectivity index (χ3v) is 5.11. The van der Waals surface area contributed by atoms with Crippen molar-refractivity contribution in [3.8, 4) is 0 Å². The molecule has 1 aliphatic rings. The molecule has 2 aromatic carbocycles. The van der Waals surface area contributed by atoms with Gasteiger partial charge in [-0.1, -0.05) is 29.8 Å². The van der Waals surface area contributed by atoms with Gasteiger partial charge in [0.1, 0.15) is 11.6 Å². The van der Waals surface area contributed by atoms with Gasteiger partial charge >= 0.3 is 0 Å². The van der Waals surface area contributed by atoms with Crippen molar-refractivity contribution < 1.29 is 13.6 Å². The molecular formula is C20H22Cl2F2N2O. The summed E-state index contributed by atoms with van der Waals surface area (Å²) in [6.45, 7) is 2.78. The molecule has 3 nitrogen and oxygen atoms in total. The van der Waals surface area contributed by atoms with Gasteiger partial charge in [-0.3, -0.25) is 4.79 Å². The van der Waals surface area contributed by atoms with Gasteiger partial charge in [0.15, 0.2) is 0 Å². The van der Waals surface area contributed by atoms with Crippen molar-refractivity contribution in [1.29, 1.82) is 0 Å². The highest BCUT2D eigenvalue weighted by atomic mass is 35.5. The summed E-state index contributed by atoms with van der Waals surface area (Å²) in [4.78, 5) is 12.8. The number of hydrogen-bond acceptors (Lipinski definition) is 2. The first-order valence-electron chi connectivity index (χ1n) is 8.69. The fourth-order valence-corrected chi connectivity index (χ4v) is 3.64. The maximum absolute atomic E-state index is 14.4. The number of nitrogens with one attached hydrogen (secondary N) is 2. The van der Waals surface area contributed by atoms with Gasteiger partial charge in [-0.15, -0.1) is 12.4 Å². The molecule has 7 heteroatoms. The van der Waals surface area contributed by atoms with Gasteiger partial charge < -0.3 is 10.6 Å². The van der Waals surface area contributed by atoms with Gasteiger partial charge in [0.25, 0.3) is 0 Å². The fourth-order valence-electron chi connectivity index (χ4n) is 3.40. The Bertz CT molecular complexity index is 803. The molecule has 0 radical (unpaired) electrons. The van der Waals surface area contributed by atoms with Crippen LogP contribution in [-0.4, -0.2) is 18.5 Å². The second-order valence-corrected chi connectivity index (χ2v) is 7.11. The molecule has 0 aromatic heterocycles. The highest BCUT2D eigenvalue weighted by Gasteiger charge is 2.29. The molecule has 146 valence electrons. The van der Waals surface area contributed by atoms with E-state index in [4.69, 9.17) is 11.6 Å². The van der Waals surface area contributed by atoms with Crippen LogP contribution in [0.15, 0.2) is 42.5 Å². The number of carbonyl (C=O) groups excluding carboxylic acids is 1. The average Bonchev–Trinajstić information content (AvgIpc) is 2.62. The summed E-state index contributed by atoms with van der Waals surface area (Å²) in [6, 6.07) is 9.50. The van der Waals surface area contributed by atoms with Gasteiger partial charge in [0.05, 0.1) is 6.04 Å². The molecule has 1 aliphatic heterocycles. The average molecular weight is 415 g/mol. The van der Waals surface area contributed by atoms with Crippen LogP contribution in [0.5, 0.6) is 0 Å². The normalized spacial score (nSPS) is 20.4. The quantitative estimate of drug-likeness (QED) is 0.765. The van der Waals surface area contributed by atoms with E-state index in [1.165, 1.54) is 0 Å². The Hall–Kier alpha value is -1.69. The fraction of sp³-hybridized carbons (Fsp3) is 0.350. The van der Waals surface area contributed by atoms with Crippen LogP contribution in [0.1, 0.15) is 36.9 Å². The molecule has 1 saturated heterocycles. The van der Waals surface area contributed by atoms with Crippen LogP contribution in [-0.2, 0) is 4.79 Å². The molecular weight excluding hydrogens is 393 g/mol. The molecule has 27 heavy (non-hydrogen) atoms. The number of benzene rings is 2. The summed E-state index contributed by atoms with van der Waals surface area (Å²) in [7, 11) is 0. The maximum atomic E-state index is 14.4. The van der Waals surface area contributed by atoms with E-state index in [2.05, 4.69) is 10.6 Å². The van der Waals surface area contributed by atoms with E-state index < -0.39 is 17.7 Å². The summed E-state index contributed by atoms with van der Waals surface area (Å²) in [6.07, 6.45) is 1.41. The topological polar surface area (TPSA) is 41.1 Å². The largest absolute Gasteiger partial charge is 0.345 e. The predicted octanol–water partition coefficient (Wildman–Crippen LogP) is 4.63. The minimum atomic E-state index is -0.850. The predicted molar refractivity (Wildman–Crippen MR) is 105 cm³/mol. The van der Waals surface area contributed by atoms with Crippen molar-refractivity contribution in [2.75, 3.05) is 6.54 Å². The van der Waals surface area contributed by atoms with Crippen molar-refractivity contribution in [1.82, 2.24) is 10.6 Å². The van der Waals surface area contributed by atoms with Crippen molar-refractivity contribution in [2.24, 2.45) is 5.92 Å². The summed E-state index contributed by atoms with van der Waals surface area (Å²) in [5.74, 6) is -1.50. The molecule has 0 bridgehead atoms. The van der Waals surface area contributed by atoms with Crippen LogP contribution in [0.2, 0.25) is 5.02 Å². The summed E-state index contributed by atoms with van der Waals surface area (Å²) < 4.78 is 28.2. The lowest BCUT2D eigenvalue weighted by atomic mass is 9.91. The minimum absolute atomic E-state index is 0. The number of hydrogen-bond donors (Lipinski definition) is 2. The van der Waals surface area contributed by atoms with Crippen LogP contribution in [0, 0.1) is 17.6 Å². The SMILES string of the molecule is C[C@H]1C[C@@H](C(=O)NC(c2cc(F)ccc2F)c2ccccc2Cl)CCN1.Cl. The smallest absolute Gasteiger partial charge is 0.223 e. The lowest BCUT2D eigenvalue weighted by Gasteiger charge is -2.29. The van der Waals surface area contributed by atoms with Crippen LogP contribution >= 0.6 is 24.0 Å². The molecule has 0 saturated carbocycles. The van der Waals surface area contributed by atoms with E-state index in [0.29, 0.717) is 23.4 Å². The van der Waals surface area contributed by atoms with Crippen molar-refractivity contribution in [3.63, 3.8) is 0 Å². The second-order valence-electron chi connectivity index (χ2n) is 6.71. The zero-order chi connectivity index (χ0) is 18.7. The molecule has 1 unspecified atom stereocenters. The Morgan fingerprint density at radius 3 is 2.67 bits per heavy atom. The van der Waals surface area contributed by atoms with E-state index in [0.717, 1.165) is 24.7 Å². The first-order chi connectivity index (χ1) is 12.5. The molecule has 2 aromatic rings. The van der Waals surface area contributed by atoms with Crippen molar-refractivity contribution in [3.05, 3.63) is 70.2 Å². The number of halogens is 4. The Morgan fingerprint density at radius 2 is 1.96 bits per heavy atom. The van der Waals surface area contributed by atoms with Crippen LogP contribution in [0.4, 0.5) is 8.78 Å². The zero-order valence-corrected chi connectivity index (χ0v) is 16.4. The first-order valence-corrected chi connectivity index (χ1v) is 9.06. The summed E-state index contributed by atoms with van der Waals surface area (Å²) >= 11 is 6.28. The Balaban J connectivity index is 0.00000261. The van der Waals surface area contributed by atoms with Gasteiger partial charge in [0.2, 0.25) is 5.91 Å². The van der Waals surface area contributed by atoms with E-state index in [1.807, 2.05) is 6.92 Å². The van der Waals surface area contributed by atoms with Crippen molar-refractivity contribution in [2.45, 2.75) is 31.8 Å². The number of amides is 1. The van der Waals surface area contributed by atoms with Gasteiger partial charge in [-0.2, -0.15) is 0 Å². The third kappa shape index (κ3) is 5.18. The second kappa shape index (κ2) is 9.49.